The van der Waals surface area contributed by atoms with E-state index in [-0.39, 0.29) is 30.9 Å². The van der Waals surface area contributed by atoms with Crippen LogP contribution in [0.3, 0.4) is 0 Å². The molecule has 1 aliphatic rings. The average Bonchev–Trinajstić information content (AvgIpc) is 3.58. The molecule has 0 saturated carbocycles. The molecule has 16 nitrogen and oxygen atoms in total. The van der Waals surface area contributed by atoms with E-state index in [9.17, 15) is 49.2 Å². The van der Waals surface area contributed by atoms with Gasteiger partial charge in [-0.25, -0.2) is 4.79 Å². The number of rotatable bonds is 17. The Bertz CT molecular complexity index is 1490. The molecule has 0 radical (unpaired) electrons. The van der Waals surface area contributed by atoms with E-state index in [0.29, 0.717) is 17.5 Å². The smallest absolute Gasteiger partial charge is 0.336 e. The number of Topliss-reactive ketones (excluding diaryl/α,β-unsaturated/α-hetero) is 3. The van der Waals surface area contributed by atoms with Crippen LogP contribution in [0, 0.1) is 0 Å². The van der Waals surface area contributed by atoms with Crippen molar-refractivity contribution in [2.75, 3.05) is 6.54 Å². The number of phenols is 2. The van der Waals surface area contributed by atoms with Gasteiger partial charge in [-0.2, -0.15) is 0 Å². The zero-order valence-corrected chi connectivity index (χ0v) is 25.3. The lowest BCUT2D eigenvalue weighted by atomic mass is 9.66. The van der Waals surface area contributed by atoms with Crippen LogP contribution in [-0.4, -0.2) is 97.5 Å². The molecule has 3 rings (SSSR count). The molecule has 0 bridgehead atoms. The lowest BCUT2D eigenvalue weighted by Gasteiger charge is -2.44. The fourth-order valence-corrected chi connectivity index (χ4v) is 5.41. The van der Waals surface area contributed by atoms with Crippen molar-refractivity contribution in [3.05, 3.63) is 59.7 Å². The number of ketones is 3. The number of carboxylic acid groups (broad SMARTS) is 2. The maximum atomic E-state index is 14.5. The second-order valence-corrected chi connectivity index (χ2v) is 11.5. The van der Waals surface area contributed by atoms with Crippen molar-refractivity contribution in [2.24, 2.45) is 22.9 Å². The standard InChI is InChI=1S/C31H39N5O11/c32-20(11-12-24(39)40)25(41)31(26(42)21(33)14-16-3-7-18(37)8-4-16,30(35,29(45)46)27(43)23-2-1-13-36-23)47-28(44)22(34)15-17-5-9-19(38)10-6-17/h3-10,20-23,36-38H,1-2,11-15,32-35H2,(H,39,40)(H,45,46). The number of hydrogen-bond acceptors (Lipinski definition) is 14. The third-order valence-corrected chi connectivity index (χ3v) is 8.04. The Morgan fingerprint density at radius 2 is 1.30 bits per heavy atom. The van der Waals surface area contributed by atoms with Crippen LogP contribution in [0.2, 0.25) is 0 Å². The molecule has 0 aromatic heterocycles. The second-order valence-electron chi connectivity index (χ2n) is 11.5. The maximum absolute atomic E-state index is 14.5. The van der Waals surface area contributed by atoms with Gasteiger partial charge >= 0.3 is 17.9 Å². The Kier molecular flexibility index (Phi) is 11.9. The van der Waals surface area contributed by atoms with Gasteiger partial charge in [-0.15, -0.1) is 0 Å². The number of nitrogens with one attached hydrogen (secondary N) is 1. The van der Waals surface area contributed by atoms with Gasteiger partial charge in [-0.05, 0) is 74.0 Å². The molecule has 6 atom stereocenters. The van der Waals surface area contributed by atoms with Gasteiger partial charge in [0.15, 0.2) is 5.78 Å². The summed E-state index contributed by atoms with van der Waals surface area (Å²) in [4.78, 5) is 81.0. The lowest BCUT2D eigenvalue weighted by Crippen LogP contribution is -2.82. The normalized spacial score (nSPS) is 18.9. The number of nitrogens with two attached hydrogens (primary N) is 4. The molecule has 16 heteroatoms. The SMILES string of the molecule is NC(Cc1ccc(O)cc1)C(=O)OC(C(=O)C(N)CCC(=O)O)(C(=O)C(N)Cc1ccc(O)cc1)C(N)(C(=O)O)C(=O)C1CCCN1. The summed E-state index contributed by atoms with van der Waals surface area (Å²) in [6.07, 6.45) is -1.65. The second kappa shape index (κ2) is 15.2. The quantitative estimate of drug-likeness (QED) is 0.0673. The molecule has 1 fully saturated rings. The molecule has 47 heavy (non-hydrogen) atoms. The summed E-state index contributed by atoms with van der Waals surface area (Å²) < 4.78 is 5.52. The van der Waals surface area contributed by atoms with Crippen molar-refractivity contribution < 1.29 is 53.9 Å². The fraction of sp³-hybridized carbons (Fsp3) is 0.419. The number of aliphatic carboxylic acids is 2. The van der Waals surface area contributed by atoms with E-state index in [0.717, 1.165) is 0 Å². The molecule has 0 spiro atoms. The summed E-state index contributed by atoms with van der Waals surface area (Å²) in [6, 6.07) is 3.94. The van der Waals surface area contributed by atoms with Crippen molar-refractivity contribution >= 4 is 35.3 Å². The number of carbonyl (C=O) groups excluding carboxylic acids is 4. The third kappa shape index (κ3) is 7.98. The van der Waals surface area contributed by atoms with Crippen molar-refractivity contribution in [3.63, 3.8) is 0 Å². The van der Waals surface area contributed by atoms with Crippen LogP contribution in [0.15, 0.2) is 48.5 Å². The molecular formula is C31H39N5O11. The minimum atomic E-state index is -3.72. The van der Waals surface area contributed by atoms with Gasteiger partial charge in [0.05, 0.1) is 18.1 Å². The van der Waals surface area contributed by atoms with Crippen molar-refractivity contribution in [2.45, 2.75) is 73.8 Å². The number of benzene rings is 2. The van der Waals surface area contributed by atoms with Crippen LogP contribution in [0.5, 0.6) is 11.5 Å². The Morgan fingerprint density at radius 3 is 1.74 bits per heavy atom. The Morgan fingerprint density at radius 1 is 0.809 bits per heavy atom. The van der Waals surface area contributed by atoms with E-state index in [4.69, 9.17) is 27.7 Å². The van der Waals surface area contributed by atoms with Crippen LogP contribution < -0.4 is 28.3 Å². The Hall–Kier alpha value is -4.74. The first-order valence-corrected chi connectivity index (χ1v) is 14.7. The van der Waals surface area contributed by atoms with Gasteiger partial charge in [0.25, 0.3) is 5.60 Å². The van der Waals surface area contributed by atoms with E-state index < -0.39 is 89.8 Å². The number of hydrogen-bond donors (Lipinski definition) is 9. The van der Waals surface area contributed by atoms with Gasteiger partial charge in [-0.3, -0.25) is 24.0 Å². The predicted molar refractivity (Wildman–Crippen MR) is 164 cm³/mol. The fourth-order valence-electron chi connectivity index (χ4n) is 5.41. The van der Waals surface area contributed by atoms with E-state index in [1.54, 1.807) is 0 Å². The summed E-state index contributed by atoms with van der Waals surface area (Å²) in [7, 11) is 0. The van der Waals surface area contributed by atoms with Crippen LogP contribution in [-0.2, 0) is 46.3 Å². The molecule has 1 aliphatic heterocycles. The number of phenolic OH excluding ortho intramolecular Hbond substituents is 2. The number of ether oxygens (including phenoxy) is 1. The highest BCUT2D eigenvalue weighted by Crippen LogP contribution is 2.35. The van der Waals surface area contributed by atoms with E-state index in [2.05, 4.69) is 5.32 Å². The van der Waals surface area contributed by atoms with Gasteiger partial charge < -0.3 is 53.4 Å². The molecule has 2 aromatic carbocycles. The van der Waals surface area contributed by atoms with Gasteiger partial charge in [0.1, 0.15) is 17.5 Å². The lowest BCUT2D eigenvalue weighted by molar-refractivity contribution is -0.190. The third-order valence-electron chi connectivity index (χ3n) is 8.04. The molecule has 6 unspecified atom stereocenters. The van der Waals surface area contributed by atoms with Crippen LogP contribution in [0.1, 0.15) is 36.8 Å². The molecular weight excluding hydrogens is 618 g/mol. The topological polar surface area (TPSA) is 309 Å². The van der Waals surface area contributed by atoms with Crippen LogP contribution in [0.25, 0.3) is 0 Å². The molecule has 0 amide bonds. The summed E-state index contributed by atoms with van der Waals surface area (Å²) in [5.74, 6) is -10.00. The van der Waals surface area contributed by atoms with Gasteiger partial charge in [0, 0.05) is 6.42 Å². The molecule has 1 saturated heterocycles. The zero-order chi connectivity index (χ0) is 35.1. The highest BCUT2D eigenvalue weighted by atomic mass is 16.6. The highest BCUT2D eigenvalue weighted by molar-refractivity contribution is 6.28. The van der Waals surface area contributed by atoms with Crippen LogP contribution in [0.4, 0.5) is 0 Å². The zero-order valence-electron chi connectivity index (χ0n) is 25.3. The first kappa shape index (κ1) is 36.7. The average molecular weight is 658 g/mol. The van der Waals surface area contributed by atoms with Crippen molar-refractivity contribution in [1.29, 1.82) is 0 Å². The maximum Gasteiger partial charge on any atom is 0.336 e. The highest BCUT2D eigenvalue weighted by Gasteiger charge is 2.72. The summed E-state index contributed by atoms with van der Waals surface area (Å²) in [6.45, 7) is 0.261. The minimum Gasteiger partial charge on any atom is -0.508 e. The van der Waals surface area contributed by atoms with E-state index >= 15 is 0 Å². The number of esters is 1. The van der Waals surface area contributed by atoms with E-state index in [1.807, 2.05) is 0 Å². The van der Waals surface area contributed by atoms with Gasteiger partial charge in [0.2, 0.25) is 17.1 Å². The first-order chi connectivity index (χ1) is 22.0. The van der Waals surface area contributed by atoms with E-state index in [1.165, 1.54) is 48.5 Å². The summed E-state index contributed by atoms with van der Waals surface area (Å²) >= 11 is 0. The summed E-state index contributed by atoms with van der Waals surface area (Å²) in [5.41, 5.74) is 18.1. The predicted octanol–water partition coefficient (Wildman–Crippen LogP) is -1.75. The van der Waals surface area contributed by atoms with Gasteiger partial charge in [-0.1, -0.05) is 24.3 Å². The monoisotopic (exact) mass is 657 g/mol. The molecule has 254 valence electrons. The largest absolute Gasteiger partial charge is 0.508 e. The molecule has 0 aliphatic carbocycles. The first-order valence-electron chi connectivity index (χ1n) is 14.7. The van der Waals surface area contributed by atoms with Crippen molar-refractivity contribution in [3.8, 4) is 11.5 Å². The van der Waals surface area contributed by atoms with Crippen molar-refractivity contribution in [1.82, 2.24) is 5.32 Å². The molecule has 2 aromatic rings. The minimum absolute atomic E-state index is 0.0580. The number of carbonyl (C=O) groups is 6. The number of aromatic hydroxyl groups is 2. The Labute approximate surface area is 269 Å². The Balaban J connectivity index is 2.24. The van der Waals surface area contributed by atoms with Crippen LogP contribution >= 0.6 is 0 Å². The molecule has 13 N–H and O–H groups in total. The summed E-state index contributed by atoms with van der Waals surface area (Å²) in [5, 5.41) is 41.8. The molecule has 1 heterocycles. The number of carboxylic acids is 2.